The van der Waals surface area contributed by atoms with Gasteiger partial charge in [-0.1, -0.05) is 5.16 Å². The minimum atomic E-state index is 0.189. The summed E-state index contributed by atoms with van der Waals surface area (Å²) in [5.74, 6) is 1.59. The lowest BCUT2D eigenvalue weighted by atomic mass is 10.1. The zero-order chi connectivity index (χ0) is 14.8. The molecule has 3 heterocycles. The van der Waals surface area contributed by atoms with E-state index in [1.165, 1.54) is 5.69 Å². The quantitative estimate of drug-likeness (QED) is 0.827. The fourth-order valence-corrected chi connectivity index (χ4v) is 2.68. The van der Waals surface area contributed by atoms with Crippen LogP contribution in [-0.4, -0.2) is 63.5 Å². The Balaban J connectivity index is 1.81. The highest BCUT2D eigenvalue weighted by Crippen LogP contribution is 2.23. The SMILES string of the molecule is Cc1noc(C2CN(CCN(C)C)Cc3ccnn3C2)n1. The van der Waals surface area contributed by atoms with E-state index in [2.05, 4.69) is 49.9 Å². The van der Waals surface area contributed by atoms with Crippen molar-refractivity contribution in [3.63, 3.8) is 0 Å². The first kappa shape index (κ1) is 14.2. The maximum atomic E-state index is 5.39. The second-order valence-corrected chi connectivity index (χ2v) is 5.92. The van der Waals surface area contributed by atoms with Crippen molar-refractivity contribution in [2.75, 3.05) is 33.7 Å². The molecule has 2 aromatic heterocycles. The van der Waals surface area contributed by atoms with Crippen molar-refractivity contribution in [2.45, 2.75) is 25.9 Å². The van der Waals surface area contributed by atoms with Gasteiger partial charge in [-0.3, -0.25) is 9.58 Å². The predicted octanol–water partition coefficient (Wildman–Crippen LogP) is 0.736. The van der Waals surface area contributed by atoms with Crippen molar-refractivity contribution in [3.8, 4) is 0 Å². The molecule has 0 saturated heterocycles. The van der Waals surface area contributed by atoms with Gasteiger partial charge in [-0.05, 0) is 27.1 Å². The van der Waals surface area contributed by atoms with Crippen LogP contribution in [0.15, 0.2) is 16.8 Å². The molecule has 1 aliphatic heterocycles. The van der Waals surface area contributed by atoms with Crippen LogP contribution in [0.3, 0.4) is 0 Å². The number of rotatable bonds is 4. The molecule has 0 aliphatic carbocycles. The maximum absolute atomic E-state index is 5.39. The highest BCUT2D eigenvalue weighted by Gasteiger charge is 2.27. The largest absolute Gasteiger partial charge is 0.339 e. The van der Waals surface area contributed by atoms with Crippen LogP contribution in [0, 0.1) is 6.92 Å². The topological polar surface area (TPSA) is 63.2 Å². The summed E-state index contributed by atoms with van der Waals surface area (Å²) in [6.07, 6.45) is 1.86. The third-order valence-electron chi connectivity index (χ3n) is 3.82. The smallest absolute Gasteiger partial charge is 0.232 e. The van der Waals surface area contributed by atoms with Crippen LogP contribution < -0.4 is 0 Å². The third kappa shape index (κ3) is 3.30. The maximum Gasteiger partial charge on any atom is 0.232 e. The highest BCUT2D eigenvalue weighted by molar-refractivity contribution is 5.05. The monoisotopic (exact) mass is 290 g/mol. The molecule has 0 radical (unpaired) electrons. The minimum Gasteiger partial charge on any atom is -0.339 e. The summed E-state index contributed by atoms with van der Waals surface area (Å²) in [6, 6.07) is 2.09. The molecule has 114 valence electrons. The van der Waals surface area contributed by atoms with Gasteiger partial charge in [0.25, 0.3) is 0 Å². The van der Waals surface area contributed by atoms with Gasteiger partial charge >= 0.3 is 0 Å². The Hall–Kier alpha value is -1.73. The molecule has 0 fully saturated rings. The molecule has 21 heavy (non-hydrogen) atoms. The summed E-state index contributed by atoms with van der Waals surface area (Å²) < 4.78 is 7.44. The van der Waals surface area contributed by atoms with Crippen molar-refractivity contribution in [3.05, 3.63) is 29.7 Å². The van der Waals surface area contributed by atoms with Gasteiger partial charge in [-0.2, -0.15) is 10.1 Å². The number of fused-ring (bicyclic) bond motifs is 1. The van der Waals surface area contributed by atoms with Crippen LogP contribution in [-0.2, 0) is 13.1 Å². The van der Waals surface area contributed by atoms with Crippen LogP contribution in [0.5, 0.6) is 0 Å². The number of hydrogen-bond donors (Lipinski definition) is 0. The molecule has 7 heteroatoms. The van der Waals surface area contributed by atoms with Crippen LogP contribution in [0.4, 0.5) is 0 Å². The van der Waals surface area contributed by atoms with E-state index in [9.17, 15) is 0 Å². The van der Waals surface area contributed by atoms with Gasteiger partial charge in [0.15, 0.2) is 5.82 Å². The average molecular weight is 290 g/mol. The van der Waals surface area contributed by atoms with Gasteiger partial charge in [0, 0.05) is 32.4 Å². The van der Waals surface area contributed by atoms with Crippen molar-refractivity contribution < 1.29 is 4.52 Å². The molecule has 0 spiro atoms. The molecule has 7 nitrogen and oxygen atoms in total. The van der Waals surface area contributed by atoms with Gasteiger partial charge in [-0.25, -0.2) is 0 Å². The minimum absolute atomic E-state index is 0.189. The van der Waals surface area contributed by atoms with Crippen LogP contribution in [0.25, 0.3) is 0 Å². The van der Waals surface area contributed by atoms with Gasteiger partial charge < -0.3 is 9.42 Å². The Kier molecular flexibility index (Phi) is 4.03. The van der Waals surface area contributed by atoms with Gasteiger partial charge in [0.05, 0.1) is 18.2 Å². The molecule has 2 aromatic rings. The molecule has 0 amide bonds. The fourth-order valence-electron chi connectivity index (χ4n) is 2.68. The van der Waals surface area contributed by atoms with Crippen LogP contribution in [0.1, 0.15) is 23.3 Å². The predicted molar refractivity (Wildman–Crippen MR) is 77.8 cm³/mol. The summed E-state index contributed by atoms with van der Waals surface area (Å²) in [5.41, 5.74) is 1.24. The van der Waals surface area contributed by atoms with Crippen molar-refractivity contribution in [2.24, 2.45) is 0 Å². The molecule has 3 rings (SSSR count). The lowest BCUT2D eigenvalue weighted by molar-refractivity contribution is 0.212. The molecule has 1 atom stereocenters. The van der Waals surface area contributed by atoms with E-state index in [-0.39, 0.29) is 5.92 Å². The molecule has 0 saturated carbocycles. The summed E-state index contributed by atoms with van der Waals surface area (Å²) in [4.78, 5) is 9.04. The second-order valence-electron chi connectivity index (χ2n) is 5.92. The summed E-state index contributed by atoms with van der Waals surface area (Å²) in [5, 5.41) is 8.34. The second kappa shape index (κ2) is 5.95. The van der Waals surface area contributed by atoms with Crippen LogP contribution in [0.2, 0.25) is 0 Å². The van der Waals surface area contributed by atoms with Crippen molar-refractivity contribution in [1.82, 2.24) is 29.7 Å². The Bertz CT molecular complexity index is 590. The van der Waals surface area contributed by atoms with E-state index in [0.717, 1.165) is 32.7 Å². The number of hydrogen-bond acceptors (Lipinski definition) is 6. The van der Waals surface area contributed by atoms with Crippen LogP contribution >= 0.6 is 0 Å². The Labute approximate surface area is 124 Å². The third-order valence-corrected chi connectivity index (χ3v) is 3.82. The lowest BCUT2D eigenvalue weighted by Gasteiger charge is -2.23. The Morgan fingerprint density at radius 2 is 2.24 bits per heavy atom. The Morgan fingerprint density at radius 1 is 1.38 bits per heavy atom. The number of likely N-dealkylation sites (N-methyl/N-ethyl adjacent to an activating group) is 1. The van der Waals surface area contributed by atoms with E-state index in [0.29, 0.717) is 11.7 Å². The van der Waals surface area contributed by atoms with Crippen molar-refractivity contribution in [1.29, 1.82) is 0 Å². The normalized spacial score (nSPS) is 19.7. The molecular formula is C14H22N6O. The van der Waals surface area contributed by atoms with Gasteiger partial charge in [0.2, 0.25) is 5.89 Å². The zero-order valence-corrected chi connectivity index (χ0v) is 12.9. The number of nitrogens with zero attached hydrogens (tertiary/aromatic N) is 6. The first-order valence-electron chi connectivity index (χ1n) is 7.30. The molecule has 0 aromatic carbocycles. The highest BCUT2D eigenvalue weighted by atomic mass is 16.5. The Morgan fingerprint density at radius 3 is 2.95 bits per heavy atom. The average Bonchev–Trinajstić information content (AvgIpc) is 3.01. The van der Waals surface area contributed by atoms with E-state index in [1.807, 2.05) is 13.1 Å². The first-order valence-corrected chi connectivity index (χ1v) is 7.30. The zero-order valence-electron chi connectivity index (χ0n) is 12.9. The van der Waals surface area contributed by atoms with Gasteiger partial charge in [0.1, 0.15) is 0 Å². The summed E-state index contributed by atoms with van der Waals surface area (Å²) in [7, 11) is 4.20. The number of aryl methyl sites for hydroxylation is 1. The van der Waals surface area contributed by atoms with E-state index >= 15 is 0 Å². The summed E-state index contributed by atoms with van der Waals surface area (Å²) >= 11 is 0. The lowest BCUT2D eigenvalue weighted by Crippen LogP contribution is -2.33. The van der Waals surface area contributed by atoms with Crippen molar-refractivity contribution >= 4 is 0 Å². The summed E-state index contributed by atoms with van der Waals surface area (Å²) in [6.45, 7) is 6.52. The standard InChI is InChI=1S/C14H22N6O/c1-11-16-14(21-17-11)12-8-19(7-6-18(2)3)10-13-4-5-15-20(13)9-12/h4-5,12H,6-10H2,1-3H3. The molecule has 0 bridgehead atoms. The molecular weight excluding hydrogens is 268 g/mol. The van der Waals surface area contributed by atoms with E-state index in [1.54, 1.807) is 0 Å². The van der Waals surface area contributed by atoms with Gasteiger partial charge in [-0.15, -0.1) is 0 Å². The fraction of sp³-hybridized carbons (Fsp3) is 0.643. The van der Waals surface area contributed by atoms with E-state index < -0.39 is 0 Å². The van der Waals surface area contributed by atoms with E-state index in [4.69, 9.17) is 4.52 Å². The number of aromatic nitrogens is 4. The first-order chi connectivity index (χ1) is 10.1. The molecule has 0 N–H and O–H groups in total. The molecule has 1 aliphatic rings. The molecule has 1 unspecified atom stereocenters.